The quantitative estimate of drug-likeness (QED) is 0.257. The van der Waals surface area contributed by atoms with E-state index in [0.717, 1.165) is 48.1 Å². The minimum absolute atomic E-state index is 0.0195. The number of carbonyl (C=O) groups is 1. The van der Waals surface area contributed by atoms with E-state index in [9.17, 15) is 18.3 Å². The summed E-state index contributed by atoms with van der Waals surface area (Å²) in [6, 6.07) is 11.1. The van der Waals surface area contributed by atoms with Gasteiger partial charge in [-0.25, -0.2) is 13.4 Å². The maximum absolute atomic E-state index is 13.6. The van der Waals surface area contributed by atoms with E-state index in [1.165, 1.54) is 4.31 Å². The van der Waals surface area contributed by atoms with Gasteiger partial charge in [-0.05, 0) is 88.0 Å². The zero-order valence-corrected chi connectivity index (χ0v) is 29.8. The van der Waals surface area contributed by atoms with E-state index in [-0.39, 0.29) is 35.3 Å². The number of aliphatic hydroxyl groups excluding tert-OH is 1. The van der Waals surface area contributed by atoms with Crippen LogP contribution in [-0.4, -0.2) is 98.0 Å². The van der Waals surface area contributed by atoms with Crippen LogP contribution in [0.5, 0.6) is 0 Å². The molecule has 11 heteroatoms. The zero-order valence-electron chi connectivity index (χ0n) is 29.0. The fourth-order valence-electron chi connectivity index (χ4n) is 6.15. The molecule has 0 atom stereocenters. The summed E-state index contributed by atoms with van der Waals surface area (Å²) in [6.45, 7) is 14.3. The smallest absolute Gasteiger partial charge is 0.250 e. The number of hydrogen-bond donors (Lipinski definition) is 2. The van der Waals surface area contributed by atoms with E-state index in [1.807, 2.05) is 42.2 Å². The summed E-state index contributed by atoms with van der Waals surface area (Å²) in [5.41, 5.74) is 10.8. The molecule has 0 unspecified atom stereocenters. The van der Waals surface area contributed by atoms with Crippen LogP contribution in [0.4, 0.5) is 5.69 Å². The number of amidine groups is 1. The maximum Gasteiger partial charge on any atom is 0.250 e. The Kier molecular flexibility index (Phi) is 12.4. The average Bonchev–Trinajstić information content (AvgIpc) is 3.16. The number of nitrogens with two attached hydrogens (primary N) is 1. The van der Waals surface area contributed by atoms with Crippen LogP contribution in [0.15, 0.2) is 51.9 Å². The SMILES string of the molecule is CCCN(CCC)C(=O)C1=Cc2ccc(-c3cc(S(=O)(=O)N4CC(CO)C4)ccc3CN(C)CCC(C)(C)OCC)cc2N=C(N)C1. The highest BCUT2D eigenvalue weighted by Gasteiger charge is 2.36. The summed E-state index contributed by atoms with van der Waals surface area (Å²) in [4.78, 5) is 22.5. The molecule has 0 aromatic heterocycles. The zero-order chi connectivity index (χ0) is 34.4. The molecule has 2 heterocycles. The lowest BCUT2D eigenvalue weighted by atomic mass is 9.96. The van der Waals surface area contributed by atoms with E-state index in [1.54, 1.807) is 12.1 Å². The molecule has 1 saturated heterocycles. The molecular weight excluding hydrogens is 614 g/mol. The topological polar surface area (TPSA) is 129 Å². The molecule has 2 aromatic carbocycles. The highest BCUT2D eigenvalue weighted by Crippen LogP contribution is 2.36. The number of fused-ring (bicyclic) bond motifs is 1. The van der Waals surface area contributed by atoms with Crippen molar-refractivity contribution in [3.05, 3.63) is 53.1 Å². The number of benzene rings is 2. The second-order valence-corrected chi connectivity index (χ2v) is 15.3. The molecule has 47 heavy (non-hydrogen) atoms. The standard InChI is InChI=1S/C36H53N5O5S/c1-7-15-40(16-8-2)35(43)30-18-28-11-10-27(19-33(28)38-34(37)20-30)32-21-31(47(44,45)41-22-26(23-41)25-42)13-12-29(32)24-39(6)17-14-36(4,5)46-9-3/h10-13,18-19,21,26,42H,7-9,14-17,20,22-25H2,1-6H3,(H2,37,38). The van der Waals surface area contributed by atoms with Gasteiger partial charge in [-0.3, -0.25) is 4.79 Å². The lowest BCUT2D eigenvalue weighted by molar-refractivity contribution is -0.127. The number of aliphatic imine (C=N–C) groups is 1. The van der Waals surface area contributed by atoms with Crippen molar-refractivity contribution in [2.24, 2.45) is 16.6 Å². The fraction of sp³-hybridized carbons (Fsp3) is 0.556. The van der Waals surface area contributed by atoms with Gasteiger partial charge in [0.2, 0.25) is 15.9 Å². The molecule has 0 radical (unpaired) electrons. The number of nitrogens with zero attached hydrogens (tertiary/aromatic N) is 4. The third-order valence-electron chi connectivity index (χ3n) is 8.83. The van der Waals surface area contributed by atoms with E-state index in [4.69, 9.17) is 15.5 Å². The van der Waals surface area contributed by atoms with Gasteiger partial charge in [-0.15, -0.1) is 0 Å². The maximum atomic E-state index is 13.6. The normalized spacial score (nSPS) is 15.9. The van der Waals surface area contributed by atoms with Crippen LogP contribution in [0.3, 0.4) is 0 Å². The highest BCUT2D eigenvalue weighted by atomic mass is 32.2. The highest BCUT2D eigenvalue weighted by molar-refractivity contribution is 7.89. The monoisotopic (exact) mass is 667 g/mol. The van der Waals surface area contributed by atoms with Gasteiger partial charge in [0, 0.05) is 76.0 Å². The Morgan fingerprint density at radius 3 is 2.43 bits per heavy atom. The summed E-state index contributed by atoms with van der Waals surface area (Å²) in [7, 11) is -1.68. The third-order valence-corrected chi connectivity index (χ3v) is 10.7. The Hall–Kier alpha value is -3.09. The second kappa shape index (κ2) is 15.9. The fourth-order valence-corrected chi connectivity index (χ4v) is 7.77. The van der Waals surface area contributed by atoms with Crippen LogP contribution in [0.25, 0.3) is 17.2 Å². The van der Waals surface area contributed by atoms with Gasteiger partial charge < -0.3 is 25.4 Å². The molecule has 2 aromatic rings. The summed E-state index contributed by atoms with van der Waals surface area (Å²) in [5.74, 6) is 0.304. The van der Waals surface area contributed by atoms with Crippen molar-refractivity contribution in [2.45, 2.75) is 77.3 Å². The van der Waals surface area contributed by atoms with Crippen LogP contribution >= 0.6 is 0 Å². The third kappa shape index (κ3) is 9.08. The molecule has 10 nitrogen and oxygen atoms in total. The molecule has 0 aliphatic carbocycles. The van der Waals surface area contributed by atoms with Gasteiger partial charge in [0.15, 0.2) is 0 Å². The molecule has 2 aliphatic heterocycles. The number of sulfonamides is 1. The van der Waals surface area contributed by atoms with Gasteiger partial charge in [0.05, 0.1) is 16.2 Å². The van der Waals surface area contributed by atoms with Crippen molar-refractivity contribution in [1.29, 1.82) is 0 Å². The van der Waals surface area contributed by atoms with Gasteiger partial charge in [0.25, 0.3) is 0 Å². The predicted octanol–water partition coefficient (Wildman–Crippen LogP) is 5.03. The lowest BCUT2D eigenvalue weighted by Gasteiger charge is -2.37. The summed E-state index contributed by atoms with van der Waals surface area (Å²) >= 11 is 0. The van der Waals surface area contributed by atoms with E-state index < -0.39 is 10.0 Å². The molecule has 0 saturated carbocycles. The number of rotatable bonds is 16. The Balaban J connectivity index is 1.72. The summed E-state index contributed by atoms with van der Waals surface area (Å²) in [5, 5.41) is 9.46. The van der Waals surface area contributed by atoms with Gasteiger partial charge in [-0.2, -0.15) is 4.31 Å². The second-order valence-electron chi connectivity index (χ2n) is 13.4. The summed E-state index contributed by atoms with van der Waals surface area (Å²) in [6.07, 6.45) is 4.74. The Labute approximate surface area is 281 Å². The number of hydrogen-bond acceptors (Lipinski definition) is 8. The van der Waals surface area contributed by atoms with E-state index in [2.05, 4.69) is 39.6 Å². The Bertz CT molecular complexity index is 1570. The molecule has 1 amide bonds. The molecular formula is C36H53N5O5S. The summed E-state index contributed by atoms with van der Waals surface area (Å²) < 4.78 is 34.5. The van der Waals surface area contributed by atoms with Crippen LogP contribution in [0, 0.1) is 5.92 Å². The first kappa shape index (κ1) is 36.7. The molecule has 4 rings (SSSR count). The van der Waals surface area contributed by atoms with E-state index >= 15 is 0 Å². The number of carbonyl (C=O) groups excluding carboxylic acids is 1. The van der Waals surface area contributed by atoms with Crippen LogP contribution in [0.2, 0.25) is 0 Å². The van der Waals surface area contributed by atoms with Crippen molar-refractivity contribution in [1.82, 2.24) is 14.1 Å². The molecule has 1 fully saturated rings. The Morgan fingerprint density at radius 2 is 1.79 bits per heavy atom. The Morgan fingerprint density at radius 1 is 1.09 bits per heavy atom. The first-order valence-electron chi connectivity index (χ1n) is 16.9. The molecule has 0 spiro atoms. The van der Waals surface area contributed by atoms with Gasteiger partial charge >= 0.3 is 0 Å². The van der Waals surface area contributed by atoms with Crippen molar-refractivity contribution >= 4 is 33.5 Å². The predicted molar refractivity (Wildman–Crippen MR) is 189 cm³/mol. The van der Waals surface area contributed by atoms with Crippen LogP contribution < -0.4 is 5.73 Å². The molecule has 0 bridgehead atoms. The largest absolute Gasteiger partial charge is 0.396 e. The number of ether oxygens (including phenoxy) is 1. The van der Waals surface area contributed by atoms with Crippen molar-refractivity contribution in [2.75, 3.05) is 53.0 Å². The van der Waals surface area contributed by atoms with Crippen molar-refractivity contribution < 1.29 is 23.1 Å². The minimum Gasteiger partial charge on any atom is -0.396 e. The van der Waals surface area contributed by atoms with Gasteiger partial charge in [0.1, 0.15) is 5.84 Å². The van der Waals surface area contributed by atoms with E-state index in [0.29, 0.717) is 56.4 Å². The van der Waals surface area contributed by atoms with Crippen molar-refractivity contribution in [3.63, 3.8) is 0 Å². The minimum atomic E-state index is -3.73. The first-order chi connectivity index (χ1) is 22.3. The molecule has 3 N–H and O–H groups in total. The molecule has 2 aliphatic rings. The van der Waals surface area contributed by atoms with Crippen LogP contribution in [0.1, 0.15) is 71.4 Å². The number of amides is 1. The van der Waals surface area contributed by atoms with Gasteiger partial charge in [-0.1, -0.05) is 32.0 Å². The molecule has 258 valence electrons. The lowest BCUT2D eigenvalue weighted by Crippen LogP contribution is -2.51. The average molecular weight is 668 g/mol. The van der Waals surface area contributed by atoms with Crippen LogP contribution in [-0.2, 0) is 26.1 Å². The first-order valence-corrected chi connectivity index (χ1v) is 18.3. The number of aliphatic hydroxyl groups is 1. The van der Waals surface area contributed by atoms with Crippen molar-refractivity contribution in [3.8, 4) is 11.1 Å².